The molecule has 8 rings (SSSR count). The number of nitrogens with two attached hydrogens (primary N) is 1. The number of urea groups is 1. The van der Waals surface area contributed by atoms with E-state index in [4.69, 9.17) is 15.0 Å². The zero-order valence-corrected chi connectivity index (χ0v) is 36.5. The molecule has 2 unspecified atom stereocenters. The second kappa shape index (κ2) is 17.7. The molecular formula is C36H38F5N9O16P2. The Labute approximate surface area is 377 Å². The van der Waals surface area contributed by atoms with Crippen molar-refractivity contribution < 1.29 is 99.2 Å². The zero-order chi connectivity index (χ0) is 49.7. The quantitative estimate of drug-likeness (QED) is 0.0341. The first-order chi connectivity index (χ1) is 31.8. The fraction of sp³-hybridized carbons (Fsp3) is 0.444. The SMILES string of the molecule is Cc1cc2c(cc1C)N1[C@H](O)C[C@H](c3c(F)c(F)c(F)c(F)c3F)[C@]13C(=O)NC(=O)N=C3N2C[C@H](O)[C@H](O)[C@H](O)COP(=O)(O)OP(=O)(O)OC[C@H]1O[C@@H](n2cnc3c(N)ncnc32)[C@H](O)[C@@H]1O. The van der Waals surface area contributed by atoms with Crippen LogP contribution in [0.4, 0.5) is 43.9 Å². The van der Waals surface area contributed by atoms with Gasteiger partial charge in [0, 0.05) is 17.9 Å². The van der Waals surface area contributed by atoms with E-state index >= 15 is 8.78 Å². The van der Waals surface area contributed by atoms with Gasteiger partial charge in [-0.1, -0.05) is 0 Å². The van der Waals surface area contributed by atoms with E-state index < -0.39 is 155 Å². The first-order valence-corrected chi connectivity index (χ1v) is 22.8. The predicted octanol–water partition coefficient (Wildman–Crippen LogP) is -0.107. The number of nitrogens with one attached hydrogen (secondary N) is 1. The van der Waals surface area contributed by atoms with Crippen molar-refractivity contribution in [3.05, 3.63) is 70.6 Å². The number of nitrogens with zero attached hydrogens (tertiary/aromatic N) is 7. The number of phosphoric ester groups is 2. The van der Waals surface area contributed by atoms with E-state index in [9.17, 15) is 72.3 Å². The number of rotatable bonds is 14. The zero-order valence-electron chi connectivity index (χ0n) is 34.7. The highest BCUT2D eigenvalue weighted by atomic mass is 31.3. The van der Waals surface area contributed by atoms with E-state index in [0.717, 1.165) is 22.5 Å². The minimum Gasteiger partial charge on any atom is -0.388 e. The summed E-state index contributed by atoms with van der Waals surface area (Å²) in [5, 5.41) is 67.7. The summed E-state index contributed by atoms with van der Waals surface area (Å²) in [6, 6.07) is 1.32. The largest absolute Gasteiger partial charge is 0.481 e. The highest BCUT2D eigenvalue weighted by molar-refractivity contribution is 7.61. The third kappa shape index (κ3) is 8.11. The van der Waals surface area contributed by atoms with Crippen LogP contribution in [-0.2, 0) is 32.0 Å². The van der Waals surface area contributed by atoms with Gasteiger partial charge in [-0.05, 0) is 37.1 Å². The molecule has 25 nitrogen and oxygen atoms in total. The monoisotopic (exact) mass is 1010 g/mol. The maximum absolute atomic E-state index is 15.6. The van der Waals surface area contributed by atoms with Gasteiger partial charge in [-0.15, -0.1) is 0 Å². The average molecular weight is 1010 g/mol. The molecule has 4 aliphatic heterocycles. The molecule has 3 amide bonds. The molecular weight excluding hydrogens is 971 g/mol. The lowest BCUT2D eigenvalue weighted by Crippen LogP contribution is -2.74. The Morgan fingerprint density at radius 3 is 2.18 bits per heavy atom. The number of ether oxygens (including phenoxy) is 1. The van der Waals surface area contributed by atoms with Gasteiger partial charge >= 0.3 is 21.7 Å². The van der Waals surface area contributed by atoms with Crippen LogP contribution in [0.25, 0.3) is 11.2 Å². The third-order valence-corrected chi connectivity index (χ3v) is 14.5. The molecule has 2 aromatic heterocycles. The number of aliphatic hydroxyl groups is 6. The summed E-state index contributed by atoms with van der Waals surface area (Å²) < 4.78 is 121. The maximum atomic E-state index is 15.6. The lowest BCUT2D eigenvalue weighted by Gasteiger charge is -2.52. The fourth-order valence-electron chi connectivity index (χ4n) is 8.61. The Bertz CT molecular complexity index is 2840. The number of imidazole rings is 1. The first-order valence-electron chi connectivity index (χ1n) is 19.8. The van der Waals surface area contributed by atoms with E-state index in [2.05, 4.69) is 28.8 Å². The van der Waals surface area contributed by atoms with Crippen LogP contribution in [-0.4, -0.2) is 146 Å². The molecule has 0 saturated carbocycles. The number of β-amino-alcohol motifs (C(OH)–C–C–N with tert-alkyl or cyclic N) is 1. The van der Waals surface area contributed by atoms with Crippen molar-refractivity contribution in [1.82, 2.24) is 24.8 Å². The molecule has 2 saturated heterocycles. The van der Waals surface area contributed by atoms with Crippen molar-refractivity contribution >= 4 is 61.8 Å². The van der Waals surface area contributed by atoms with Crippen molar-refractivity contribution in [3.8, 4) is 0 Å². The number of carbonyl (C=O) groups excluding carboxylic acids is 2. The molecule has 12 atom stereocenters. The smallest absolute Gasteiger partial charge is 0.388 e. The normalized spacial score (nSPS) is 27.8. The molecule has 11 N–H and O–H groups in total. The number of phosphoric acid groups is 2. The van der Waals surface area contributed by atoms with E-state index in [-0.39, 0.29) is 28.4 Å². The van der Waals surface area contributed by atoms with Crippen LogP contribution in [0.2, 0.25) is 0 Å². The highest BCUT2D eigenvalue weighted by Crippen LogP contribution is 2.61. The van der Waals surface area contributed by atoms with Gasteiger partial charge in [0.05, 0.1) is 37.5 Å². The number of aliphatic hydroxyl groups excluding tert-OH is 6. The number of amides is 3. The molecule has 2 fully saturated rings. The van der Waals surface area contributed by atoms with Crippen LogP contribution in [0.5, 0.6) is 0 Å². The number of aryl methyl sites for hydroxylation is 2. The Kier molecular flexibility index (Phi) is 12.8. The minimum absolute atomic E-state index is 0.0212. The van der Waals surface area contributed by atoms with Crippen LogP contribution in [0.3, 0.4) is 0 Å². The van der Waals surface area contributed by atoms with Crippen molar-refractivity contribution in [1.29, 1.82) is 0 Å². The van der Waals surface area contributed by atoms with Crippen molar-refractivity contribution in [2.75, 3.05) is 35.3 Å². The molecule has 368 valence electrons. The van der Waals surface area contributed by atoms with Crippen LogP contribution < -0.4 is 20.9 Å². The number of aromatic nitrogens is 4. The Morgan fingerprint density at radius 1 is 0.897 bits per heavy atom. The molecule has 6 heterocycles. The van der Waals surface area contributed by atoms with Gasteiger partial charge in [0.15, 0.2) is 52.3 Å². The molecule has 0 bridgehead atoms. The summed E-state index contributed by atoms with van der Waals surface area (Å²) in [6.07, 6.45) is -14.3. The van der Waals surface area contributed by atoms with Crippen LogP contribution in [0, 0.1) is 42.9 Å². The van der Waals surface area contributed by atoms with Gasteiger partial charge in [0.1, 0.15) is 54.7 Å². The van der Waals surface area contributed by atoms with Crippen LogP contribution in [0.1, 0.15) is 35.3 Å². The summed E-state index contributed by atoms with van der Waals surface area (Å²) in [6.45, 7) is -0.412. The lowest BCUT2D eigenvalue weighted by atomic mass is 9.74. The number of hydrogen-bond acceptors (Lipinski definition) is 20. The van der Waals surface area contributed by atoms with Crippen LogP contribution in [0.15, 0.2) is 29.8 Å². The number of nitrogen functional groups attached to an aromatic ring is 1. The second-order valence-electron chi connectivity index (χ2n) is 16.0. The van der Waals surface area contributed by atoms with Crippen molar-refractivity contribution in [2.45, 2.75) is 80.8 Å². The van der Waals surface area contributed by atoms with E-state index in [1.165, 1.54) is 16.7 Å². The number of benzene rings is 2. The topological polar surface area (TPSA) is 368 Å². The van der Waals surface area contributed by atoms with E-state index in [1.54, 1.807) is 13.8 Å². The van der Waals surface area contributed by atoms with Gasteiger partial charge in [-0.2, -0.15) is 9.30 Å². The molecule has 4 aliphatic rings. The molecule has 2 aromatic carbocycles. The van der Waals surface area contributed by atoms with Crippen molar-refractivity contribution in [3.63, 3.8) is 0 Å². The summed E-state index contributed by atoms with van der Waals surface area (Å²) >= 11 is 0. The molecule has 68 heavy (non-hydrogen) atoms. The molecule has 32 heteroatoms. The van der Waals surface area contributed by atoms with E-state index in [0.29, 0.717) is 11.1 Å². The fourth-order valence-corrected chi connectivity index (χ4v) is 10.7. The van der Waals surface area contributed by atoms with Gasteiger partial charge in [-0.25, -0.2) is 50.8 Å². The number of imide groups is 1. The standard InChI is InChI=1S/C36H38F5N9O16P2/c1-11-3-14-15(4-12(11)2)50-19(53)5-13(20-21(37)23(39)25(41)24(40)22(20)38)36(50)33(46-35(58)47-34(36)57)48(14)6-16(51)27(54)17(52)7-63-67(59,60)66-68(61,62)64-8-18-28(55)29(56)32(65-18)49-10-45-26-30(42)43-9-44-31(26)49/h3-4,9-10,13,16-19,27-29,32,51-56H,5-8H2,1-2H3,(H,59,60)(H,61,62)(H2,42,43,44)(H,47,57,58)/t13-,16+,17-,18-,19-,27+,28-,29-,32-,36+/m1/s1. The number of fused-ring (bicyclic) bond motifs is 3. The maximum Gasteiger partial charge on any atom is 0.481 e. The van der Waals surface area contributed by atoms with Gasteiger partial charge in [0.2, 0.25) is 5.82 Å². The molecule has 0 aliphatic carbocycles. The Balaban J connectivity index is 0.987. The lowest BCUT2D eigenvalue weighted by molar-refractivity contribution is -0.123. The Morgan fingerprint density at radius 2 is 1.51 bits per heavy atom. The second-order valence-corrected chi connectivity index (χ2v) is 19.0. The number of anilines is 3. The van der Waals surface area contributed by atoms with Gasteiger partial charge in [-0.3, -0.25) is 23.7 Å². The predicted molar refractivity (Wildman–Crippen MR) is 215 cm³/mol. The highest BCUT2D eigenvalue weighted by Gasteiger charge is 2.69. The number of aliphatic imine (C=N–C) groups is 1. The number of carbonyl (C=O) groups is 2. The Hall–Kier alpha value is -5.17. The van der Waals surface area contributed by atoms with E-state index in [1.807, 2.05) is 5.32 Å². The van der Waals surface area contributed by atoms with Gasteiger partial charge < -0.3 is 60.7 Å². The third-order valence-electron chi connectivity index (χ3n) is 11.9. The molecule has 1 spiro atoms. The first kappa shape index (κ1) is 49.3. The van der Waals surface area contributed by atoms with Crippen molar-refractivity contribution in [2.24, 2.45) is 4.99 Å². The molecule has 4 aromatic rings. The summed E-state index contributed by atoms with van der Waals surface area (Å²) in [4.78, 5) is 64.9. The average Bonchev–Trinajstić information content (AvgIpc) is 3.93. The minimum atomic E-state index is -5.77. The van der Waals surface area contributed by atoms with Gasteiger partial charge in [0.25, 0.3) is 5.91 Å². The summed E-state index contributed by atoms with van der Waals surface area (Å²) in [7, 11) is -11.4. The van der Waals surface area contributed by atoms with Crippen LogP contribution >= 0.6 is 15.6 Å². The number of hydrogen-bond donors (Lipinski definition) is 10. The number of halogens is 5. The summed E-state index contributed by atoms with van der Waals surface area (Å²) in [5.74, 6) is -16.6. The summed E-state index contributed by atoms with van der Waals surface area (Å²) in [5.41, 5.74) is 2.24. The molecule has 0 radical (unpaired) electrons. The number of amidine groups is 1.